The van der Waals surface area contributed by atoms with Crippen LogP contribution in [0.1, 0.15) is 26.7 Å². The van der Waals surface area contributed by atoms with E-state index in [4.69, 9.17) is 0 Å². The van der Waals surface area contributed by atoms with Crippen LogP contribution in [0.15, 0.2) is 77.3 Å². The Morgan fingerprint density at radius 1 is 1.39 bits per heavy atom. The van der Waals surface area contributed by atoms with E-state index in [0.29, 0.717) is 11.3 Å². The molecule has 0 aromatic carbocycles. The van der Waals surface area contributed by atoms with Crippen molar-refractivity contribution in [2.75, 3.05) is 5.32 Å². The van der Waals surface area contributed by atoms with Gasteiger partial charge in [-0.05, 0) is 31.1 Å². The minimum Gasteiger partial charge on any atom is -0.505 e. The fraction of sp³-hybridized carbons (Fsp3) is 0.263. The highest BCUT2D eigenvalue weighted by atomic mass is 16.3. The molecule has 1 aromatic rings. The Morgan fingerprint density at radius 3 is 2.87 bits per heavy atom. The van der Waals surface area contributed by atoms with Crippen molar-refractivity contribution in [3.8, 4) is 0 Å². The largest absolute Gasteiger partial charge is 0.505 e. The van der Waals surface area contributed by atoms with Crippen LogP contribution in [0.4, 0.5) is 5.82 Å². The van der Waals surface area contributed by atoms with E-state index in [1.165, 1.54) is 0 Å². The molecule has 0 radical (unpaired) electrons. The molecule has 23 heavy (non-hydrogen) atoms. The van der Waals surface area contributed by atoms with Crippen LogP contribution in [0.5, 0.6) is 0 Å². The third-order valence-electron chi connectivity index (χ3n) is 3.56. The minimum absolute atomic E-state index is 0.0324. The molecule has 1 aliphatic carbocycles. The van der Waals surface area contributed by atoms with E-state index in [2.05, 4.69) is 28.8 Å². The van der Waals surface area contributed by atoms with E-state index in [0.717, 1.165) is 24.2 Å². The maximum absolute atomic E-state index is 10.6. The summed E-state index contributed by atoms with van der Waals surface area (Å²) in [4.78, 5) is 8.60. The predicted molar refractivity (Wildman–Crippen MR) is 96.7 cm³/mol. The molecule has 0 fully saturated rings. The molecule has 0 amide bonds. The molecule has 120 valence electrons. The van der Waals surface area contributed by atoms with Crippen LogP contribution in [0.2, 0.25) is 0 Å². The van der Waals surface area contributed by atoms with Crippen molar-refractivity contribution in [3.05, 3.63) is 72.3 Å². The van der Waals surface area contributed by atoms with Gasteiger partial charge < -0.3 is 10.4 Å². The summed E-state index contributed by atoms with van der Waals surface area (Å²) in [5.74, 6) is 0.966. The molecule has 4 nitrogen and oxygen atoms in total. The smallest absolute Gasteiger partial charge is 0.147 e. The van der Waals surface area contributed by atoms with Crippen molar-refractivity contribution in [2.24, 2.45) is 4.99 Å². The second-order valence-electron chi connectivity index (χ2n) is 5.32. The average Bonchev–Trinajstić information content (AvgIpc) is 2.55. The third kappa shape index (κ3) is 4.19. The third-order valence-corrected chi connectivity index (χ3v) is 3.56. The number of allylic oxidation sites excluding steroid dienone is 3. The van der Waals surface area contributed by atoms with Gasteiger partial charge in [-0.25, -0.2) is 4.98 Å². The van der Waals surface area contributed by atoms with Crippen LogP contribution in [0, 0.1) is 0 Å². The number of aliphatic imine (C=N–C) groups is 1. The maximum atomic E-state index is 10.6. The molecule has 0 spiro atoms. The van der Waals surface area contributed by atoms with Crippen molar-refractivity contribution in [2.45, 2.75) is 32.7 Å². The van der Waals surface area contributed by atoms with Crippen molar-refractivity contribution in [1.29, 1.82) is 0 Å². The first-order valence-corrected chi connectivity index (χ1v) is 7.84. The summed E-state index contributed by atoms with van der Waals surface area (Å²) in [6.45, 7) is 7.94. The second kappa shape index (κ2) is 8.13. The number of hydrogen-bond acceptors (Lipinski definition) is 4. The van der Waals surface area contributed by atoms with Crippen LogP contribution >= 0.6 is 0 Å². The summed E-state index contributed by atoms with van der Waals surface area (Å²) in [5, 5.41) is 14.0. The number of anilines is 1. The Bertz CT molecular complexity index is 669. The van der Waals surface area contributed by atoms with Crippen LogP contribution < -0.4 is 5.32 Å². The van der Waals surface area contributed by atoms with E-state index in [1.807, 2.05) is 43.4 Å². The van der Waals surface area contributed by atoms with Crippen molar-refractivity contribution in [3.63, 3.8) is 0 Å². The quantitative estimate of drug-likeness (QED) is 0.809. The molecule has 2 rings (SSSR count). The van der Waals surface area contributed by atoms with E-state index in [1.54, 1.807) is 12.4 Å². The molecule has 1 aliphatic rings. The number of aromatic nitrogens is 1. The lowest BCUT2D eigenvalue weighted by molar-refractivity contribution is 0.432. The molecule has 0 saturated heterocycles. The molecule has 2 N–H and O–H groups in total. The van der Waals surface area contributed by atoms with E-state index >= 15 is 0 Å². The summed E-state index contributed by atoms with van der Waals surface area (Å²) in [7, 11) is 0. The summed E-state index contributed by atoms with van der Waals surface area (Å²) in [5.41, 5.74) is 2.04. The SMILES string of the molecule is C=C1C=CC(C(CCC)Nc2ccccn2)=C(O)C1=N/C=C\C. The van der Waals surface area contributed by atoms with E-state index < -0.39 is 0 Å². The summed E-state index contributed by atoms with van der Waals surface area (Å²) in [6, 6.07) is 5.70. The van der Waals surface area contributed by atoms with Crippen molar-refractivity contribution in [1.82, 2.24) is 4.98 Å². The zero-order valence-corrected chi connectivity index (χ0v) is 13.7. The molecular formula is C19H23N3O. The Kier molecular flexibility index (Phi) is 5.92. The van der Waals surface area contributed by atoms with Crippen LogP contribution in [-0.2, 0) is 0 Å². The molecule has 1 unspecified atom stereocenters. The number of rotatable bonds is 6. The topological polar surface area (TPSA) is 57.5 Å². The highest BCUT2D eigenvalue weighted by molar-refractivity contribution is 6.14. The van der Waals surface area contributed by atoms with Gasteiger partial charge in [-0.15, -0.1) is 0 Å². The highest BCUT2D eigenvalue weighted by Crippen LogP contribution is 2.25. The zero-order chi connectivity index (χ0) is 16.7. The normalized spacial score (nSPS) is 18.0. The Labute approximate surface area is 137 Å². The van der Waals surface area contributed by atoms with Gasteiger partial charge in [0.15, 0.2) is 0 Å². The predicted octanol–water partition coefficient (Wildman–Crippen LogP) is 4.57. The summed E-state index contributed by atoms with van der Waals surface area (Å²) >= 11 is 0. The monoisotopic (exact) mass is 309 g/mol. The molecule has 0 aliphatic heterocycles. The van der Waals surface area contributed by atoms with Gasteiger partial charge >= 0.3 is 0 Å². The Hall–Kier alpha value is -2.62. The van der Waals surface area contributed by atoms with Gasteiger partial charge in [-0.3, -0.25) is 4.99 Å². The molecule has 1 atom stereocenters. The van der Waals surface area contributed by atoms with Gasteiger partial charge in [0.1, 0.15) is 17.3 Å². The number of nitrogens with zero attached hydrogens (tertiary/aromatic N) is 2. The van der Waals surface area contributed by atoms with Crippen LogP contribution in [0.3, 0.4) is 0 Å². The first-order chi connectivity index (χ1) is 11.2. The Morgan fingerprint density at radius 2 is 2.22 bits per heavy atom. The number of aliphatic hydroxyl groups excluding tert-OH is 1. The van der Waals surface area contributed by atoms with Gasteiger partial charge in [0.05, 0.1) is 6.04 Å². The van der Waals surface area contributed by atoms with Gasteiger partial charge in [0, 0.05) is 18.0 Å². The van der Waals surface area contributed by atoms with Crippen LogP contribution in [-0.4, -0.2) is 21.8 Å². The first-order valence-electron chi connectivity index (χ1n) is 7.84. The molecule has 4 heteroatoms. The molecule has 1 heterocycles. The molecule has 0 saturated carbocycles. The van der Waals surface area contributed by atoms with Crippen LogP contribution in [0.25, 0.3) is 0 Å². The fourth-order valence-electron chi connectivity index (χ4n) is 2.43. The molecule has 1 aromatic heterocycles. The summed E-state index contributed by atoms with van der Waals surface area (Å²) in [6.07, 6.45) is 10.9. The van der Waals surface area contributed by atoms with Gasteiger partial charge in [0.2, 0.25) is 0 Å². The maximum Gasteiger partial charge on any atom is 0.147 e. The number of pyridine rings is 1. The minimum atomic E-state index is -0.0324. The molecule has 0 bridgehead atoms. The zero-order valence-electron chi connectivity index (χ0n) is 13.7. The van der Waals surface area contributed by atoms with Gasteiger partial charge in [-0.2, -0.15) is 0 Å². The van der Waals surface area contributed by atoms with Gasteiger partial charge in [0.25, 0.3) is 0 Å². The average molecular weight is 309 g/mol. The number of hydrogen-bond donors (Lipinski definition) is 2. The Balaban J connectivity index is 2.35. The van der Waals surface area contributed by atoms with E-state index in [9.17, 15) is 5.11 Å². The summed E-state index contributed by atoms with van der Waals surface area (Å²) < 4.78 is 0. The number of nitrogens with one attached hydrogen (secondary N) is 1. The lowest BCUT2D eigenvalue weighted by atomic mass is 9.92. The fourth-order valence-corrected chi connectivity index (χ4v) is 2.43. The van der Waals surface area contributed by atoms with Gasteiger partial charge in [-0.1, -0.05) is 44.2 Å². The second-order valence-corrected chi connectivity index (χ2v) is 5.32. The lowest BCUT2D eigenvalue weighted by Crippen LogP contribution is -2.26. The van der Waals surface area contributed by atoms with E-state index in [-0.39, 0.29) is 11.8 Å². The number of aliphatic hydroxyl groups is 1. The first kappa shape index (κ1) is 16.7. The highest BCUT2D eigenvalue weighted by Gasteiger charge is 2.23. The van der Waals surface area contributed by atoms with Crippen molar-refractivity contribution >= 4 is 11.5 Å². The molecular weight excluding hydrogens is 286 g/mol. The standard InChI is InChI=1S/C19H23N3O/c1-4-8-16(22-17-9-6-7-13-20-17)15-11-10-14(3)18(19(15)23)21-12-5-2/h5-7,9-13,16,23H,3-4,8H2,1-2H3,(H,20,22)/b12-5-,21-18?. The lowest BCUT2D eigenvalue weighted by Gasteiger charge is -2.24. The van der Waals surface area contributed by atoms with Crippen molar-refractivity contribution < 1.29 is 5.11 Å².